The van der Waals surface area contributed by atoms with Crippen molar-refractivity contribution in [3.05, 3.63) is 59.7 Å². The van der Waals surface area contributed by atoms with Gasteiger partial charge >= 0.3 is 11.9 Å². The van der Waals surface area contributed by atoms with Crippen LogP contribution in [-0.2, 0) is 20.7 Å². The minimum atomic E-state index is -0.490. The van der Waals surface area contributed by atoms with Crippen LogP contribution in [0.1, 0.15) is 36.7 Å². The van der Waals surface area contributed by atoms with Gasteiger partial charge in [-0.05, 0) is 43.5 Å². The van der Waals surface area contributed by atoms with E-state index in [-0.39, 0.29) is 18.4 Å². The van der Waals surface area contributed by atoms with Crippen molar-refractivity contribution in [2.75, 3.05) is 7.11 Å². The third-order valence-electron chi connectivity index (χ3n) is 3.37. The molecule has 0 aliphatic rings. The summed E-state index contributed by atoms with van der Waals surface area (Å²) in [6.45, 7) is 5.53. The largest absolute Gasteiger partial charge is 0.465 e. The quantitative estimate of drug-likeness (QED) is 0.796. The fourth-order valence-corrected chi connectivity index (χ4v) is 2.37. The number of esters is 2. The van der Waals surface area contributed by atoms with E-state index in [2.05, 4.69) is 0 Å². The maximum absolute atomic E-state index is 11.9. The Morgan fingerprint density at radius 1 is 0.958 bits per heavy atom. The number of carbonyl (C=O) groups excluding carboxylic acids is 2. The molecule has 0 heterocycles. The number of ether oxygens (including phenoxy) is 2. The molecule has 0 atom stereocenters. The predicted octanol–water partition coefficient (Wildman–Crippen LogP) is 4.02. The van der Waals surface area contributed by atoms with Gasteiger partial charge in [-0.3, -0.25) is 4.79 Å². The van der Waals surface area contributed by atoms with Crippen LogP contribution >= 0.6 is 0 Å². The first-order valence-corrected chi connectivity index (χ1v) is 7.78. The van der Waals surface area contributed by atoms with Crippen molar-refractivity contribution in [1.82, 2.24) is 0 Å². The molecule has 0 amide bonds. The number of hydrogen-bond donors (Lipinski definition) is 0. The fourth-order valence-electron chi connectivity index (χ4n) is 2.37. The average Bonchev–Trinajstić information content (AvgIpc) is 2.53. The zero-order valence-corrected chi connectivity index (χ0v) is 14.5. The third-order valence-corrected chi connectivity index (χ3v) is 3.37. The van der Waals surface area contributed by atoms with Gasteiger partial charge in [0, 0.05) is 0 Å². The average molecular weight is 326 g/mol. The molecule has 0 saturated heterocycles. The molecule has 0 aliphatic heterocycles. The molecular weight excluding hydrogens is 304 g/mol. The second kappa shape index (κ2) is 7.30. The zero-order chi connectivity index (χ0) is 17.7. The predicted molar refractivity (Wildman–Crippen MR) is 92.8 cm³/mol. The number of methoxy groups -OCH3 is 1. The third kappa shape index (κ3) is 4.69. The molecule has 0 saturated carbocycles. The minimum Gasteiger partial charge on any atom is -0.465 e. The monoisotopic (exact) mass is 326 g/mol. The molecule has 2 aromatic rings. The Bertz CT molecular complexity index is 724. The first kappa shape index (κ1) is 17.7. The van der Waals surface area contributed by atoms with Crippen molar-refractivity contribution in [2.24, 2.45) is 0 Å². The fraction of sp³-hybridized carbons (Fsp3) is 0.300. The summed E-state index contributed by atoms with van der Waals surface area (Å²) in [7, 11) is 1.36. The summed E-state index contributed by atoms with van der Waals surface area (Å²) in [5, 5.41) is 0. The second-order valence-electron chi connectivity index (χ2n) is 6.50. The lowest BCUT2D eigenvalue weighted by molar-refractivity contribution is -0.153. The molecular formula is C20H22O4. The van der Waals surface area contributed by atoms with Gasteiger partial charge < -0.3 is 9.47 Å². The van der Waals surface area contributed by atoms with Crippen LogP contribution in [-0.4, -0.2) is 24.6 Å². The Balaban J connectivity index is 2.19. The molecule has 0 aromatic heterocycles. The van der Waals surface area contributed by atoms with Crippen molar-refractivity contribution >= 4 is 11.9 Å². The van der Waals surface area contributed by atoms with Crippen LogP contribution in [0.5, 0.6) is 0 Å². The Hall–Kier alpha value is -2.62. The van der Waals surface area contributed by atoms with Crippen molar-refractivity contribution in [1.29, 1.82) is 0 Å². The van der Waals surface area contributed by atoms with Gasteiger partial charge in [-0.25, -0.2) is 4.79 Å². The van der Waals surface area contributed by atoms with Crippen molar-refractivity contribution in [3.63, 3.8) is 0 Å². The van der Waals surface area contributed by atoms with E-state index in [4.69, 9.17) is 9.47 Å². The molecule has 0 radical (unpaired) electrons. The van der Waals surface area contributed by atoms with Gasteiger partial charge in [0.2, 0.25) is 0 Å². The van der Waals surface area contributed by atoms with Crippen LogP contribution < -0.4 is 0 Å². The number of rotatable bonds is 4. The summed E-state index contributed by atoms with van der Waals surface area (Å²) >= 11 is 0. The Morgan fingerprint density at radius 2 is 1.58 bits per heavy atom. The first-order valence-electron chi connectivity index (χ1n) is 7.78. The highest BCUT2D eigenvalue weighted by molar-refractivity contribution is 5.97. The van der Waals surface area contributed by atoms with E-state index in [0.29, 0.717) is 5.56 Å². The lowest BCUT2D eigenvalue weighted by atomic mass is 9.98. The van der Waals surface area contributed by atoms with Crippen LogP contribution in [0.3, 0.4) is 0 Å². The summed E-state index contributed by atoms with van der Waals surface area (Å²) in [6.07, 6.45) is 0.218. The normalized spacial score (nSPS) is 11.0. The van der Waals surface area contributed by atoms with Crippen molar-refractivity contribution < 1.29 is 19.1 Å². The molecule has 0 spiro atoms. The van der Waals surface area contributed by atoms with Crippen molar-refractivity contribution in [2.45, 2.75) is 32.8 Å². The van der Waals surface area contributed by atoms with Gasteiger partial charge in [0.25, 0.3) is 0 Å². The van der Waals surface area contributed by atoms with Gasteiger partial charge in [0.05, 0.1) is 19.1 Å². The minimum absolute atomic E-state index is 0.218. The highest BCUT2D eigenvalue weighted by atomic mass is 16.6. The summed E-state index contributed by atoms with van der Waals surface area (Å²) in [6, 6.07) is 14.8. The van der Waals surface area contributed by atoms with E-state index in [1.807, 2.05) is 57.2 Å². The molecule has 4 nitrogen and oxygen atoms in total. The van der Waals surface area contributed by atoms with E-state index < -0.39 is 5.60 Å². The molecule has 0 bridgehead atoms. The van der Waals surface area contributed by atoms with Crippen LogP contribution in [0.25, 0.3) is 11.1 Å². The van der Waals surface area contributed by atoms with Crippen LogP contribution in [0.4, 0.5) is 0 Å². The molecule has 0 N–H and O–H groups in total. The van der Waals surface area contributed by atoms with Crippen LogP contribution in [0.2, 0.25) is 0 Å². The molecule has 0 aliphatic carbocycles. The molecule has 4 heteroatoms. The Kier molecular flexibility index (Phi) is 5.39. The maximum atomic E-state index is 11.9. The summed E-state index contributed by atoms with van der Waals surface area (Å²) in [5.74, 6) is -0.631. The summed E-state index contributed by atoms with van der Waals surface area (Å²) in [5.41, 5.74) is 2.58. The molecule has 2 rings (SSSR count). The van der Waals surface area contributed by atoms with Gasteiger partial charge in [-0.15, -0.1) is 0 Å². The van der Waals surface area contributed by atoms with E-state index in [1.165, 1.54) is 7.11 Å². The molecule has 126 valence electrons. The summed E-state index contributed by atoms with van der Waals surface area (Å²) < 4.78 is 10.1. The second-order valence-corrected chi connectivity index (χ2v) is 6.50. The van der Waals surface area contributed by atoms with Gasteiger partial charge in [-0.1, -0.05) is 42.5 Å². The SMILES string of the molecule is COC(=O)c1ccccc1-c1ccc(CC(=O)OC(C)(C)C)cc1. The maximum Gasteiger partial charge on any atom is 0.338 e. The van der Waals surface area contributed by atoms with Crippen molar-refractivity contribution in [3.8, 4) is 11.1 Å². The van der Waals surface area contributed by atoms with Gasteiger partial charge in [-0.2, -0.15) is 0 Å². The molecule has 24 heavy (non-hydrogen) atoms. The topological polar surface area (TPSA) is 52.6 Å². The van der Waals surface area contributed by atoms with E-state index >= 15 is 0 Å². The van der Waals surface area contributed by atoms with E-state index in [0.717, 1.165) is 16.7 Å². The Morgan fingerprint density at radius 3 is 2.17 bits per heavy atom. The highest BCUT2D eigenvalue weighted by Crippen LogP contribution is 2.25. The first-order chi connectivity index (χ1) is 11.3. The summed E-state index contributed by atoms with van der Waals surface area (Å²) in [4.78, 5) is 23.8. The van der Waals surface area contributed by atoms with Crippen LogP contribution in [0.15, 0.2) is 48.5 Å². The van der Waals surface area contributed by atoms with Gasteiger partial charge in [0.1, 0.15) is 5.60 Å². The molecule has 2 aromatic carbocycles. The zero-order valence-electron chi connectivity index (χ0n) is 14.5. The van der Waals surface area contributed by atoms with E-state index in [1.54, 1.807) is 12.1 Å². The standard InChI is InChI=1S/C20H22O4/c1-20(2,3)24-18(21)13-14-9-11-15(12-10-14)16-7-5-6-8-17(16)19(22)23-4/h5-12H,13H2,1-4H3. The number of benzene rings is 2. The number of carbonyl (C=O) groups is 2. The van der Waals surface area contributed by atoms with Crippen LogP contribution in [0, 0.1) is 0 Å². The molecule has 0 fully saturated rings. The Labute approximate surface area is 142 Å². The number of hydrogen-bond acceptors (Lipinski definition) is 4. The van der Waals surface area contributed by atoms with E-state index in [9.17, 15) is 9.59 Å². The lowest BCUT2D eigenvalue weighted by Crippen LogP contribution is -2.24. The highest BCUT2D eigenvalue weighted by Gasteiger charge is 2.17. The smallest absolute Gasteiger partial charge is 0.338 e. The van der Waals surface area contributed by atoms with Gasteiger partial charge in [0.15, 0.2) is 0 Å². The lowest BCUT2D eigenvalue weighted by Gasteiger charge is -2.19. The molecule has 0 unspecified atom stereocenters.